The molecule has 78 valence electrons. The van der Waals surface area contributed by atoms with E-state index >= 15 is 0 Å². The Bertz CT molecular complexity index is 426. The number of nitrogens with zero attached hydrogens (tertiary/aromatic N) is 2. The van der Waals surface area contributed by atoms with Crippen molar-refractivity contribution in [2.24, 2.45) is 5.84 Å². The molecule has 4 nitrogen and oxygen atoms in total. The summed E-state index contributed by atoms with van der Waals surface area (Å²) in [5.74, 6) is 5.55. The lowest BCUT2D eigenvalue weighted by atomic mass is 10.1. The van der Waals surface area contributed by atoms with E-state index in [-0.39, 0.29) is 6.04 Å². The number of rotatable bonds is 3. The van der Waals surface area contributed by atoms with E-state index in [1.54, 1.807) is 29.9 Å². The SMILES string of the molecule is Cc1sccc1C(NN)c1cnccn1. The van der Waals surface area contributed by atoms with Crippen molar-refractivity contribution in [3.05, 3.63) is 46.2 Å². The third-order valence-corrected chi connectivity index (χ3v) is 3.12. The predicted molar refractivity (Wildman–Crippen MR) is 60.3 cm³/mol. The van der Waals surface area contributed by atoms with Gasteiger partial charge in [0.2, 0.25) is 0 Å². The smallest absolute Gasteiger partial charge is 0.0907 e. The number of hydrazine groups is 1. The second kappa shape index (κ2) is 4.48. The van der Waals surface area contributed by atoms with Crippen LogP contribution in [0.1, 0.15) is 22.2 Å². The Morgan fingerprint density at radius 3 is 2.87 bits per heavy atom. The van der Waals surface area contributed by atoms with Crippen LogP contribution < -0.4 is 11.3 Å². The van der Waals surface area contributed by atoms with E-state index in [1.165, 1.54) is 4.88 Å². The van der Waals surface area contributed by atoms with Crippen molar-refractivity contribution in [3.8, 4) is 0 Å². The second-order valence-electron chi connectivity index (χ2n) is 3.16. The molecule has 0 bridgehead atoms. The summed E-state index contributed by atoms with van der Waals surface area (Å²) in [7, 11) is 0. The van der Waals surface area contributed by atoms with Crippen molar-refractivity contribution in [2.75, 3.05) is 0 Å². The summed E-state index contributed by atoms with van der Waals surface area (Å²) >= 11 is 1.70. The molecule has 2 rings (SSSR count). The first-order chi connectivity index (χ1) is 7.33. The molecule has 15 heavy (non-hydrogen) atoms. The van der Waals surface area contributed by atoms with Crippen LogP contribution in [0.4, 0.5) is 0 Å². The Morgan fingerprint density at radius 1 is 1.47 bits per heavy atom. The van der Waals surface area contributed by atoms with E-state index in [1.807, 2.05) is 5.38 Å². The number of hydrogen-bond acceptors (Lipinski definition) is 5. The summed E-state index contributed by atoms with van der Waals surface area (Å²) in [6, 6.07) is 1.98. The molecule has 0 aromatic carbocycles. The molecule has 1 atom stereocenters. The van der Waals surface area contributed by atoms with Gasteiger partial charge in [-0.05, 0) is 23.9 Å². The summed E-state index contributed by atoms with van der Waals surface area (Å²) in [5, 5.41) is 2.05. The van der Waals surface area contributed by atoms with Gasteiger partial charge in [-0.1, -0.05) is 0 Å². The standard InChI is InChI=1S/C10H12N4S/c1-7-8(2-5-15-7)10(14-11)9-6-12-3-4-13-9/h2-6,10,14H,11H2,1H3. The Morgan fingerprint density at radius 2 is 2.33 bits per heavy atom. The molecule has 1 unspecified atom stereocenters. The molecule has 0 radical (unpaired) electrons. The second-order valence-corrected chi connectivity index (χ2v) is 4.28. The van der Waals surface area contributed by atoms with Crippen LogP contribution in [0, 0.1) is 6.92 Å². The Labute approximate surface area is 92.2 Å². The molecule has 3 N–H and O–H groups in total. The maximum atomic E-state index is 5.55. The maximum absolute atomic E-state index is 5.55. The van der Waals surface area contributed by atoms with E-state index < -0.39 is 0 Å². The van der Waals surface area contributed by atoms with Crippen LogP contribution in [-0.4, -0.2) is 9.97 Å². The molecule has 2 aromatic heterocycles. The van der Waals surface area contributed by atoms with Crippen LogP contribution in [0.15, 0.2) is 30.0 Å². The van der Waals surface area contributed by atoms with Gasteiger partial charge in [-0.3, -0.25) is 15.8 Å². The van der Waals surface area contributed by atoms with Crippen molar-refractivity contribution in [1.82, 2.24) is 15.4 Å². The van der Waals surface area contributed by atoms with Crippen LogP contribution >= 0.6 is 11.3 Å². The summed E-state index contributed by atoms with van der Waals surface area (Å²) in [4.78, 5) is 9.52. The normalized spacial score (nSPS) is 12.7. The van der Waals surface area contributed by atoms with Crippen LogP contribution in [0.3, 0.4) is 0 Å². The molecule has 0 fully saturated rings. The predicted octanol–water partition coefficient (Wildman–Crippen LogP) is 1.40. The van der Waals surface area contributed by atoms with E-state index in [2.05, 4.69) is 28.4 Å². The zero-order chi connectivity index (χ0) is 10.7. The van der Waals surface area contributed by atoms with E-state index in [9.17, 15) is 0 Å². The van der Waals surface area contributed by atoms with E-state index in [4.69, 9.17) is 5.84 Å². The largest absolute Gasteiger partial charge is 0.271 e. The number of aryl methyl sites for hydroxylation is 1. The molecule has 0 amide bonds. The van der Waals surface area contributed by atoms with Crippen molar-refractivity contribution < 1.29 is 0 Å². The Balaban J connectivity index is 2.37. The quantitative estimate of drug-likeness (QED) is 0.606. The minimum atomic E-state index is -0.0788. The fourth-order valence-electron chi connectivity index (χ4n) is 1.49. The highest BCUT2D eigenvalue weighted by atomic mass is 32.1. The van der Waals surface area contributed by atoms with Gasteiger partial charge in [-0.25, -0.2) is 5.43 Å². The minimum Gasteiger partial charge on any atom is -0.271 e. The van der Waals surface area contributed by atoms with Gasteiger partial charge in [0.25, 0.3) is 0 Å². The lowest BCUT2D eigenvalue weighted by molar-refractivity contribution is 0.617. The summed E-state index contributed by atoms with van der Waals surface area (Å²) in [5.41, 5.74) is 4.76. The van der Waals surface area contributed by atoms with Gasteiger partial charge in [0, 0.05) is 17.3 Å². The van der Waals surface area contributed by atoms with Gasteiger partial charge < -0.3 is 0 Å². The lowest BCUT2D eigenvalue weighted by Gasteiger charge is -2.14. The third kappa shape index (κ3) is 2.04. The van der Waals surface area contributed by atoms with Gasteiger partial charge in [0.15, 0.2) is 0 Å². The van der Waals surface area contributed by atoms with Crippen molar-refractivity contribution in [2.45, 2.75) is 13.0 Å². The maximum Gasteiger partial charge on any atom is 0.0907 e. The Hall–Kier alpha value is -1.30. The average molecular weight is 220 g/mol. The number of hydrogen-bond donors (Lipinski definition) is 2. The molecule has 0 saturated carbocycles. The molecule has 0 aliphatic heterocycles. The highest BCUT2D eigenvalue weighted by molar-refractivity contribution is 7.10. The minimum absolute atomic E-state index is 0.0788. The fourth-order valence-corrected chi connectivity index (χ4v) is 2.23. The van der Waals surface area contributed by atoms with Crippen LogP contribution in [0.5, 0.6) is 0 Å². The summed E-state index contributed by atoms with van der Waals surface area (Å²) in [6.45, 7) is 2.07. The number of nitrogens with one attached hydrogen (secondary N) is 1. The molecule has 5 heteroatoms. The molecule has 2 heterocycles. The molecule has 0 aliphatic rings. The molecule has 0 aliphatic carbocycles. The zero-order valence-electron chi connectivity index (χ0n) is 8.34. The first-order valence-electron chi connectivity index (χ1n) is 4.59. The highest BCUT2D eigenvalue weighted by Gasteiger charge is 2.16. The van der Waals surface area contributed by atoms with Gasteiger partial charge in [-0.15, -0.1) is 11.3 Å². The van der Waals surface area contributed by atoms with Gasteiger partial charge in [0.05, 0.1) is 17.9 Å². The number of aromatic nitrogens is 2. The number of thiophene rings is 1. The molecule has 2 aromatic rings. The molecule has 0 spiro atoms. The number of nitrogens with two attached hydrogens (primary N) is 1. The average Bonchev–Trinajstić information content (AvgIpc) is 2.68. The fraction of sp³-hybridized carbons (Fsp3) is 0.200. The third-order valence-electron chi connectivity index (χ3n) is 2.26. The van der Waals surface area contributed by atoms with E-state index in [0.717, 1.165) is 11.3 Å². The highest BCUT2D eigenvalue weighted by Crippen LogP contribution is 2.25. The summed E-state index contributed by atoms with van der Waals surface area (Å²) < 4.78 is 0. The Kier molecular flexibility index (Phi) is 3.05. The zero-order valence-corrected chi connectivity index (χ0v) is 9.16. The summed E-state index contributed by atoms with van der Waals surface area (Å²) in [6.07, 6.45) is 5.04. The van der Waals surface area contributed by atoms with Gasteiger partial charge in [0.1, 0.15) is 0 Å². The molecular weight excluding hydrogens is 208 g/mol. The van der Waals surface area contributed by atoms with Gasteiger partial charge in [-0.2, -0.15) is 0 Å². The monoisotopic (exact) mass is 220 g/mol. The van der Waals surface area contributed by atoms with Crippen molar-refractivity contribution in [3.63, 3.8) is 0 Å². The topological polar surface area (TPSA) is 63.8 Å². The van der Waals surface area contributed by atoms with Crippen LogP contribution in [0.2, 0.25) is 0 Å². The molecular formula is C10H12N4S. The van der Waals surface area contributed by atoms with Gasteiger partial charge >= 0.3 is 0 Å². The first kappa shape index (κ1) is 10.2. The van der Waals surface area contributed by atoms with E-state index in [0.29, 0.717) is 0 Å². The van der Waals surface area contributed by atoms with Crippen molar-refractivity contribution in [1.29, 1.82) is 0 Å². The van der Waals surface area contributed by atoms with Crippen LogP contribution in [0.25, 0.3) is 0 Å². The first-order valence-corrected chi connectivity index (χ1v) is 5.47. The van der Waals surface area contributed by atoms with Crippen molar-refractivity contribution >= 4 is 11.3 Å². The lowest BCUT2D eigenvalue weighted by Crippen LogP contribution is -2.29. The molecule has 0 saturated heterocycles. The van der Waals surface area contributed by atoms with Crippen LogP contribution in [-0.2, 0) is 0 Å².